The molecule has 2 fully saturated rings. The molecule has 0 radical (unpaired) electrons. The van der Waals surface area contributed by atoms with Crippen molar-refractivity contribution in [1.29, 1.82) is 0 Å². The lowest BCUT2D eigenvalue weighted by Gasteiger charge is -2.24. The molecule has 1 aromatic rings. The predicted octanol–water partition coefficient (Wildman–Crippen LogP) is 3.13. The van der Waals surface area contributed by atoms with E-state index in [0.29, 0.717) is 13.1 Å². The van der Waals surface area contributed by atoms with E-state index in [9.17, 15) is 9.59 Å². The first-order valence-electron chi connectivity index (χ1n) is 9.08. The minimum atomic E-state index is -0.355. The lowest BCUT2D eigenvalue weighted by Crippen LogP contribution is -2.46. The van der Waals surface area contributed by atoms with Gasteiger partial charge in [0.1, 0.15) is 11.8 Å². The van der Waals surface area contributed by atoms with Crippen molar-refractivity contribution in [2.45, 2.75) is 53.1 Å². The Labute approximate surface area is 149 Å². The average molecular weight is 344 g/mol. The molecule has 3 atom stereocenters. The second kappa shape index (κ2) is 6.70. The van der Waals surface area contributed by atoms with Crippen LogP contribution >= 0.6 is 0 Å². The van der Waals surface area contributed by atoms with Gasteiger partial charge in [-0.15, -0.1) is 0 Å². The van der Waals surface area contributed by atoms with Gasteiger partial charge >= 0.3 is 0 Å². The Bertz CT molecular complexity index is 671. The average Bonchev–Trinajstić information content (AvgIpc) is 3.05. The third-order valence-electron chi connectivity index (χ3n) is 5.55. The van der Waals surface area contributed by atoms with Crippen LogP contribution in [0.1, 0.15) is 46.3 Å². The molecule has 1 N–H and O–H groups in total. The van der Waals surface area contributed by atoms with E-state index in [1.165, 1.54) is 5.57 Å². The molecule has 2 aliphatic rings. The Kier molecular flexibility index (Phi) is 4.76. The molecule has 5 nitrogen and oxygen atoms in total. The van der Waals surface area contributed by atoms with Crippen LogP contribution in [0.3, 0.4) is 0 Å². The summed E-state index contributed by atoms with van der Waals surface area (Å²) >= 11 is 0. The number of allylic oxidation sites excluding steroid dienone is 2. The van der Waals surface area contributed by atoms with Gasteiger partial charge in [0.25, 0.3) is 0 Å². The SMILES string of the molecule is CC(C)=C[C@@H]1[C@H](C(=O)N2CCC[C@H]2C(=O)NCc2ccco2)C1(C)C. The number of likely N-dealkylation sites (tertiary alicyclic amines) is 1. The van der Waals surface area contributed by atoms with Crippen molar-refractivity contribution < 1.29 is 14.0 Å². The largest absolute Gasteiger partial charge is 0.467 e. The number of nitrogens with one attached hydrogen (secondary N) is 1. The Morgan fingerprint density at radius 3 is 2.80 bits per heavy atom. The predicted molar refractivity (Wildman–Crippen MR) is 95.5 cm³/mol. The first-order valence-corrected chi connectivity index (χ1v) is 9.08. The molecule has 136 valence electrons. The normalized spacial score (nSPS) is 27.0. The van der Waals surface area contributed by atoms with E-state index < -0.39 is 0 Å². The molecule has 1 aliphatic carbocycles. The monoisotopic (exact) mass is 344 g/mol. The first kappa shape index (κ1) is 17.8. The third-order valence-corrected chi connectivity index (χ3v) is 5.55. The number of amides is 2. The van der Waals surface area contributed by atoms with Gasteiger partial charge in [0.15, 0.2) is 0 Å². The molecular formula is C20H28N2O3. The number of hydrogen-bond acceptors (Lipinski definition) is 3. The van der Waals surface area contributed by atoms with Crippen LogP contribution in [-0.2, 0) is 16.1 Å². The van der Waals surface area contributed by atoms with E-state index in [1.807, 2.05) is 6.07 Å². The highest BCUT2D eigenvalue weighted by atomic mass is 16.3. The number of hydrogen-bond donors (Lipinski definition) is 1. The molecule has 1 aliphatic heterocycles. The molecule has 2 heterocycles. The molecule has 5 heteroatoms. The minimum Gasteiger partial charge on any atom is -0.467 e. The van der Waals surface area contributed by atoms with Gasteiger partial charge in [0.05, 0.1) is 18.7 Å². The third kappa shape index (κ3) is 3.51. The Balaban J connectivity index is 1.64. The van der Waals surface area contributed by atoms with Crippen molar-refractivity contribution in [3.63, 3.8) is 0 Å². The van der Waals surface area contributed by atoms with Gasteiger partial charge in [-0.3, -0.25) is 9.59 Å². The molecule has 3 rings (SSSR count). The first-order chi connectivity index (χ1) is 11.8. The molecular weight excluding hydrogens is 316 g/mol. The van der Waals surface area contributed by atoms with Gasteiger partial charge in [-0.2, -0.15) is 0 Å². The number of nitrogens with zero attached hydrogens (tertiary/aromatic N) is 1. The zero-order valence-corrected chi connectivity index (χ0v) is 15.5. The van der Waals surface area contributed by atoms with Crippen LogP contribution < -0.4 is 5.32 Å². The summed E-state index contributed by atoms with van der Waals surface area (Å²) in [5, 5.41) is 2.90. The molecule has 1 saturated heterocycles. The highest BCUT2D eigenvalue weighted by Gasteiger charge is 2.62. The summed E-state index contributed by atoms with van der Waals surface area (Å²) < 4.78 is 5.25. The van der Waals surface area contributed by atoms with Gasteiger partial charge < -0.3 is 14.6 Å². The van der Waals surface area contributed by atoms with Crippen LogP contribution in [0.5, 0.6) is 0 Å². The zero-order chi connectivity index (χ0) is 18.2. The van der Waals surface area contributed by atoms with Gasteiger partial charge in [-0.25, -0.2) is 0 Å². The summed E-state index contributed by atoms with van der Waals surface area (Å²) in [6.45, 7) is 9.45. The van der Waals surface area contributed by atoms with Crippen molar-refractivity contribution in [2.24, 2.45) is 17.3 Å². The summed E-state index contributed by atoms with van der Waals surface area (Å²) in [6, 6.07) is 3.27. The quantitative estimate of drug-likeness (QED) is 0.835. The van der Waals surface area contributed by atoms with Crippen LogP contribution in [-0.4, -0.2) is 29.3 Å². The van der Waals surface area contributed by atoms with Crippen LogP contribution in [0.4, 0.5) is 0 Å². The van der Waals surface area contributed by atoms with E-state index in [1.54, 1.807) is 17.2 Å². The fourth-order valence-corrected chi connectivity index (χ4v) is 4.01. The van der Waals surface area contributed by atoms with Crippen molar-refractivity contribution in [1.82, 2.24) is 10.2 Å². The maximum atomic E-state index is 13.1. The Morgan fingerprint density at radius 1 is 1.40 bits per heavy atom. The molecule has 0 spiro atoms. The lowest BCUT2D eigenvalue weighted by atomic mass is 10.1. The van der Waals surface area contributed by atoms with Crippen molar-refractivity contribution >= 4 is 11.8 Å². The lowest BCUT2D eigenvalue weighted by molar-refractivity contribution is -0.140. The van der Waals surface area contributed by atoms with Crippen LogP contribution in [0.15, 0.2) is 34.5 Å². The summed E-state index contributed by atoms with van der Waals surface area (Å²) in [5.41, 5.74) is 1.22. The van der Waals surface area contributed by atoms with Crippen LogP contribution in [0.2, 0.25) is 0 Å². The van der Waals surface area contributed by atoms with E-state index in [2.05, 4.69) is 39.1 Å². The molecule has 25 heavy (non-hydrogen) atoms. The van der Waals surface area contributed by atoms with Gasteiger partial charge in [0.2, 0.25) is 11.8 Å². The maximum absolute atomic E-state index is 13.1. The molecule has 0 aromatic carbocycles. The Hall–Kier alpha value is -2.04. The summed E-state index contributed by atoms with van der Waals surface area (Å²) in [6.07, 6.45) is 5.40. The van der Waals surface area contributed by atoms with Crippen LogP contribution in [0, 0.1) is 17.3 Å². The summed E-state index contributed by atoms with van der Waals surface area (Å²) in [4.78, 5) is 27.4. The molecule has 1 aromatic heterocycles. The second-order valence-corrected chi connectivity index (χ2v) is 8.06. The molecule has 0 unspecified atom stereocenters. The molecule has 2 amide bonds. The summed E-state index contributed by atoms with van der Waals surface area (Å²) in [5.74, 6) is 1.03. The van der Waals surface area contributed by atoms with Crippen molar-refractivity contribution in [3.8, 4) is 0 Å². The fraction of sp³-hybridized carbons (Fsp3) is 0.600. The highest BCUT2D eigenvalue weighted by molar-refractivity contribution is 5.91. The van der Waals surface area contributed by atoms with Crippen molar-refractivity contribution in [3.05, 3.63) is 35.8 Å². The highest BCUT2D eigenvalue weighted by Crippen LogP contribution is 2.60. The minimum absolute atomic E-state index is 0.0131. The van der Waals surface area contributed by atoms with Gasteiger partial charge in [-0.05, 0) is 50.2 Å². The van der Waals surface area contributed by atoms with Crippen molar-refractivity contribution in [2.75, 3.05) is 6.54 Å². The van der Waals surface area contributed by atoms with E-state index in [0.717, 1.165) is 18.6 Å². The number of carbonyl (C=O) groups is 2. The van der Waals surface area contributed by atoms with Gasteiger partial charge in [-0.1, -0.05) is 25.5 Å². The number of furan rings is 1. The van der Waals surface area contributed by atoms with E-state index >= 15 is 0 Å². The molecule has 1 saturated carbocycles. The molecule has 0 bridgehead atoms. The number of rotatable bonds is 5. The number of carbonyl (C=O) groups excluding carboxylic acids is 2. The van der Waals surface area contributed by atoms with E-state index in [4.69, 9.17) is 4.42 Å². The van der Waals surface area contributed by atoms with Gasteiger partial charge in [0, 0.05) is 6.54 Å². The second-order valence-electron chi connectivity index (χ2n) is 8.06. The summed E-state index contributed by atoms with van der Waals surface area (Å²) in [7, 11) is 0. The zero-order valence-electron chi connectivity index (χ0n) is 15.5. The fourth-order valence-electron chi connectivity index (χ4n) is 4.01. The van der Waals surface area contributed by atoms with Crippen LogP contribution in [0.25, 0.3) is 0 Å². The maximum Gasteiger partial charge on any atom is 0.243 e. The Morgan fingerprint density at radius 2 is 2.16 bits per heavy atom. The topological polar surface area (TPSA) is 62.6 Å². The van der Waals surface area contributed by atoms with E-state index in [-0.39, 0.29) is 35.1 Å². The standard InChI is InChI=1S/C20H28N2O3/c1-13(2)11-15-17(20(15,3)4)19(24)22-9-5-8-16(22)18(23)21-12-14-7-6-10-25-14/h6-7,10-11,15-17H,5,8-9,12H2,1-4H3,(H,21,23)/t15-,16+,17-/m1/s1. The smallest absolute Gasteiger partial charge is 0.243 e.